The van der Waals surface area contributed by atoms with Crippen molar-refractivity contribution in [3.63, 3.8) is 0 Å². The van der Waals surface area contributed by atoms with E-state index in [2.05, 4.69) is 11.4 Å². The van der Waals surface area contributed by atoms with E-state index in [9.17, 15) is 0 Å². The van der Waals surface area contributed by atoms with E-state index in [0.717, 1.165) is 17.9 Å². The van der Waals surface area contributed by atoms with Crippen LogP contribution in [0.3, 0.4) is 0 Å². The molecule has 3 rings (SSSR count). The van der Waals surface area contributed by atoms with Gasteiger partial charge < -0.3 is 19.5 Å². The lowest BCUT2D eigenvalue weighted by Crippen LogP contribution is -2.44. The molecule has 1 aromatic rings. The van der Waals surface area contributed by atoms with Gasteiger partial charge in [-0.3, -0.25) is 0 Å². The van der Waals surface area contributed by atoms with Gasteiger partial charge in [-0.25, -0.2) is 0 Å². The molecule has 114 valence electrons. The number of benzene rings is 1. The summed E-state index contributed by atoms with van der Waals surface area (Å²) in [5.74, 6) is 2.09. The Bertz CT molecular complexity index is 528. The van der Waals surface area contributed by atoms with E-state index in [1.165, 1.54) is 30.4 Å². The minimum absolute atomic E-state index is 0.506. The summed E-state index contributed by atoms with van der Waals surface area (Å²) >= 11 is 0. The Kier molecular flexibility index (Phi) is 4.06. The van der Waals surface area contributed by atoms with Gasteiger partial charge in [-0.1, -0.05) is 12.5 Å². The third kappa shape index (κ3) is 2.72. The van der Waals surface area contributed by atoms with Gasteiger partial charge in [0, 0.05) is 12.1 Å². The molecule has 2 bridgehead atoms. The number of ether oxygens (including phenoxy) is 3. The van der Waals surface area contributed by atoms with E-state index < -0.39 is 0 Å². The first-order chi connectivity index (χ1) is 10.2. The van der Waals surface area contributed by atoms with Gasteiger partial charge in [0.25, 0.3) is 0 Å². The molecule has 4 nitrogen and oxygen atoms in total. The molecule has 1 aromatic carbocycles. The topological polar surface area (TPSA) is 39.7 Å². The minimum atomic E-state index is 0.506. The predicted octanol–water partition coefficient (Wildman–Crippen LogP) is 3.01. The van der Waals surface area contributed by atoms with Gasteiger partial charge >= 0.3 is 0 Å². The van der Waals surface area contributed by atoms with E-state index >= 15 is 0 Å². The fourth-order valence-corrected chi connectivity index (χ4v) is 3.40. The van der Waals surface area contributed by atoms with Crippen molar-refractivity contribution < 1.29 is 14.2 Å². The van der Waals surface area contributed by atoms with Crippen molar-refractivity contribution in [2.24, 2.45) is 0 Å². The number of nitrogens with one attached hydrogen (secondary N) is 1. The Hall–Kier alpha value is -1.68. The number of rotatable bonds is 4. The Morgan fingerprint density at radius 3 is 2.29 bits per heavy atom. The van der Waals surface area contributed by atoms with Crippen LogP contribution in [0, 0.1) is 0 Å². The van der Waals surface area contributed by atoms with Crippen LogP contribution in [0.1, 0.15) is 31.2 Å². The van der Waals surface area contributed by atoms with E-state index in [4.69, 9.17) is 14.2 Å². The largest absolute Gasteiger partial charge is 0.493 e. The van der Waals surface area contributed by atoms with E-state index in [1.807, 2.05) is 12.1 Å². The molecule has 2 unspecified atom stereocenters. The third-order valence-electron chi connectivity index (χ3n) is 4.42. The van der Waals surface area contributed by atoms with E-state index in [1.54, 1.807) is 21.3 Å². The van der Waals surface area contributed by atoms with Crippen LogP contribution in [0.25, 0.3) is 5.57 Å². The van der Waals surface area contributed by atoms with Crippen molar-refractivity contribution >= 4 is 5.57 Å². The summed E-state index contributed by atoms with van der Waals surface area (Å²) in [5, 5.41) is 3.67. The zero-order chi connectivity index (χ0) is 14.8. The van der Waals surface area contributed by atoms with Gasteiger partial charge in [0.1, 0.15) is 0 Å². The lowest BCUT2D eigenvalue weighted by atomic mass is 9.85. The highest BCUT2D eigenvalue weighted by Crippen LogP contribution is 2.41. The lowest BCUT2D eigenvalue weighted by molar-refractivity contribution is 0.324. The number of hydrogen-bond donors (Lipinski definition) is 1. The summed E-state index contributed by atoms with van der Waals surface area (Å²) < 4.78 is 16.3. The van der Waals surface area contributed by atoms with Crippen LogP contribution in [0.15, 0.2) is 18.2 Å². The summed E-state index contributed by atoms with van der Waals surface area (Å²) in [6, 6.07) is 5.21. The van der Waals surface area contributed by atoms with E-state index in [0.29, 0.717) is 17.8 Å². The molecule has 0 amide bonds. The Morgan fingerprint density at radius 2 is 1.71 bits per heavy atom. The van der Waals surface area contributed by atoms with Crippen LogP contribution in [0.5, 0.6) is 17.2 Å². The van der Waals surface area contributed by atoms with Gasteiger partial charge in [-0.2, -0.15) is 0 Å². The highest BCUT2D eigenvalue weighted by Gasteiger charge is 2.27. The monoisotopic (exact) mass is 289 g/mol. The summed E-state index contributed by atoms with van der Waals surface area (Å²) in [6.07, 6.45) is 7.23. The molecular weight excluding hydrogens is 266 g/mol. The molecule has 1 saturated heterocycles. The molecule has 4 heteroatoms. The smallest absolute Gasteiger partial charge is 0.203 e. The number of methoxy groups -OCH3 is 3. The SMILES string of the molecule is COc1cc(C2=CC3CCCC(C2)N3)cc(OC)c1OC. The predicted molar refractivity (Wildman–Crippen MR) is 83.3 cm³/mol. The number of hydrogen-bond acceptors (Lipinski definition) is 4. The molecule has 1 fully saturated rings. The Balaban J connectivity index is 2.00. The van der Waals surface area contributed by atoms with Crippen molar-refractivity contribution in [2.75, 3.05) is 21.3 Å². The third-order valence-corrected chi connectivity index (χ3v) is 4.42. The average molecular weight is 289 g/mol. The first-order valence-corrected chi connectivity index (χ1v) is 7.52. The Morgan fingerprint density at radius 1 is 1.00 bits per heavy atom. The molecule has 0 aromatic heterocycles. The minimum Gasteiger partial charge on any atom is -0.493 e. The van der Waals surface area contributed by atoms with Gasteiger partial charge in [0.15, 0.2) is 11.5 Å². The number of piperidine rings is 1. The summed E-state index contributed by atoms with van der Waals surface area (Å²) in [4.78, 5) is 0. The zero-order valence-corrected chi connectivity index (χ0v) is 12.9. The van der Waals surface area contributed by atoms with Crippen LogP contribution in [0.2, 0.25) is 0 Å². The molecule has 0 aliphatic carbocycles. The summed E-state index contributed by atoms with van der Waals surface area (Å²) in [7, 11) is 4.95. The first-order valence-electron chi connectivity index (χ1n) is 7.52. The van der Waals surface area contributed by atoms with Crippen LogP contribution >= 0.6 is 0 Å². The van der Waals surface area contributed by atoms with Crippen LogP contribution in [0.4, 0.5) is 0 Å². The quantitative estimate of drug-likeness (QED) is 0.925. The van der Waals surface area contributed by atoms with Gasteiger partial charge in [-0.05, 0) is 42.5 Å². The fraction of sp³-hybridized carbons (Fsp3) is 0.529. The van der Waals surface area contributed by atoms with Crippen molar-refractivity contribution in [3.8, 4) is 17.2 Å². The summed E-state index contributed by atoms with van der Waals surface area (Å²) in [5.41, 5.74) is 2.55. The maximum atomic E-state index is 5.46. The maximum absolute atomic E-state index is 5.46. The highest BCUT2D eigenvalue weighted by molar-refractivity contribution is 5.72. The first kappa shape index (κ1) is 14.3. The molecule has 0 radical (unpaired) electrons. The molecule has 2 aliphatic rings. The normalized spacial score (nSPS) is 24.2. The summed E-state index contributed by atoms with van der Waals surface area (Å²) in [6.45, 7) is 0. The molecule has 2 atom stereocenters. The fourth-order valence-electron chi connectivity index (χ4n) is 3.40. The Labute approximate surface area is 126 Å². The second-order valence-electron chi connectivity index (χ2n) is 5.71. The molecule has 0 saturated carbocycles. The molecule has 21 heavy (non-hydrogen) atoms. The van der Waals surface area contributed by atoms with Crippen LogP contribution in [-0.2, 0) is 0 Å². The lowest BCUT2D eigenvalue weighted by Gasteiger charge is -2.35. The van der Waals surface area contributed by atoms with Crippen molar-refractivity contribution in [1.29, 1.82) is 0 Å². The van der Waals surface area contributed by atoms with Crippen LogP contribution in [-0.4, -0.2) is 33.4 Å². The molecular formula is C17H23NO3. The van der Waals surface area contributed by atoms with Crippen molar-refractivity contribution in [2.45, 2.75) is 37.8 Å². The van der Waals surface area contributed by atoms with Gasteiger partial charge in [0.05, 0.1) is 21.3 Å². The average Bonchev–Trinajstić information content (AvgIpc) is 2.52. The maximum Gasteiger partial charge on any atom is 0.203 e. The van der Waals surface area contributed by atoms with Gasteiger partial charge in [-0.15, -0.1) is 0 Å². The van der Waals surface area contributed by atoms with E-state index in [-0.39, 0.29) is 0 Å². The molecule has 2 aliphatic heterocycles. The van der Waals surface area contributed by atoms with Crippen molar-refractivity contribution in [3.05, 3.63) is 23.8 Å². The highest BCUT2D eigenvalue weighted by atomic mass is 16.5. The van der Waals surface area contributed by atoms with Crippen molar-refractivity contribution in [1.82, 2.24) is 5.32 Å². The molecule has 0 spiro atoms. The molecule has 2 heterocycles. The van der Waals surface area contributed by atoms with Gasteiger partial charge in [0.2, 0.25) is 5.75 Å². The van der Waals surface area contributed by atoms with Crippen LogP contribution < -0.4 is 19.5 Å². The number of fused-ring (bicyclic) bond motifs is 2. The second-order valence-corrected chi connectivity index (χ2v) is 5.71. The zero-order valence-electron chi connectivity index (χ0n) is 12.9. The second kappa shape index (κ2) is 5.98. The standard InChI is InChI=1S/C17H23NO3/c1-19-15-9-12(10-16(20-2)17(15)21-3)11-7-13-5-4-6-14(8-11)18-13/h7,9-10,13-14,18H,4-6,8H2,1-3H3. The molecule has 1 N–H and O–H groups in total.